The monoisotopic (exact) mass is 230 g/mol. The number of aromatic nitrogens is 2. The van der Waals surface area contributed by atoms with E-state index in [0.29, 0.717) is 5.92 Å². The summed E-state index contributed by atoms with van der Waals surface area (Å²) in [5.74, 6) is 1.36. The molecule has 5 heteroatoms. The largest absolute Gasteiger partial charge is 0.398 e. The average molecular weight is 230 g/mol. The van der Waals surface area contributed by atoms with Gasteiger partial charge in [0.1, 0.15) is 11.5 Å². The number of nitrogens with two attached hydrogens (primary N) is 1. The molecule has 1 aliphatic rings. The van der Waals surface area contributed by atoms with Crippen LogP contribution in [0.4, 0.5) is 5.69 Å². The average Bonchev–Trinajstić information content (AvgIpc) is 2.69. The van der Waals surface area contributed by atoms with E-state index in [1.165, 1.54) is 0 Å². The SMILES string of the molecule is Cc1cnc(-c2cc(C3CNC3)on2)cc1N. The Bertz CT molecular complexity index is 545. The van der Waals surface area contributed by atoms with Crippen LogP contribution in [-0.2, 0) is 0 Å². The van der Waals surface area contributed by atoms with Crippen molar-refractivity contribution in [1.29, 1.82) is 0 Å². The van der Waals surface area contributed by atoms with Gasteiger partial charge in [0, 0.05) is 37.0 Å². The fourth-order valence-corrected chi connectivity index (χ4v) is 1.77. The van der Waals surface area contributed by atoms with E-state index >= 15 is 0 Å². The Hall–Kier alpha value is -1.88. The van der Waals surface area contributed by atoms with Crippen LogP contribution >= 0.6 is 0 Å². The molecule has 2 aromatic rings. The molecular weight excluding hydrogens is 216 g/mol. The first-order chi connectivity index (χ1) is 8.24. The van der Waals surface area contributed by atoms with Gasteiger partial charge < -0.3 is 15.6 Å². The van der Waals surface area contributed by atoms with Gasteiger partial charge in [-0.2, -0.15) is 0 Å². The van der Waals surface area contributed by atoms with E-state index in [-0.39, 0.29) is 0 Å². The highest BCUT2D eigenvalue weighted by atomic mass is 16.5. The Labute approximate surface area is 99.0 Å². The van der Waals surface area contributed by atoms with Crippen LogP contribution in [0.2, 0.25) is 0 Å². The summed E-state index contributed by atoms with van der Waals surface area (Å²) in [5, 5.41) is 7.24. The Morgan fingerprint density at radius 2 is 2.18 bits per heavy atom. The van der Waals surface area contributed by atoms with Crippen molar-refractivity contribution in [1.82, 2.24) is 15.5 Å². The Balaban J connectivity index is 1.92. The molecule has 3 heterocycles. The van der Waals surface area contributed by atoms with Crippen LogP contribution in [0.3, 0.4) is 0 Å². The van der Waals surface area contributed by atoms with Crippen molar-refractivity contribution in [2.24, 2.45) is 0 Å². The van der Waals surface area contributed by atoms with Gasteiger partial charge in [0.15, 0.2) is 0 Å². The summed E-state index contributed by atoms with van der Waals surface area (Å²) < 4.78 is 5.32. The summed E-state index contributed by atoms with van der Waals surface area (Å²) in [6, 6.07) is 3.78. The molecule has 0 atom stereocenters. The van der Waals surface area contributed by atoms with Crippen LogP contribution in [0.15, 0.2) is 22.9 Å². The van der Waals surface area contributed by atoms with Gasteiger partial charge in [-0.1, -0.05) is 5.16 Å². The minimum absolute atomic E-state index is 0.444. The number of nitrogen functional groups attached to an aromatic ring is 1. The Kier molecular flexibility index (Phi) is 2.33. The maximum atomic E-state index is 5.85. The molecular formula is C12H14N4O. The van der Waals surface area contributed by atoms with Crippen LogP contribution in [0.1, 0.15) is 17.2 Å². The number of hydrogen-bond donors (Lipinski definition) is 2. The molecule has 1 fully saturated rings. The lowest BCUT2D eigenvalue weighted by Crippen LogP contribution is -2.39. The summed E-state index contributed by atoms with van der Waals surface area (Å²) in [5.41, 5.74) is 9.06. The van der Waals surface area contributed by atoms with E-state index in [1.807, 2.05) is 19.1 Å². The molecule has 88 valence electrons. The van der Waals surface area contributed by atoms with E-state index in [0.717, 1.165) is 41.5 Å². The maximum absolute atomic E-state index is 5.85. The van der Waals surface area contributed by atoms with E-state index in [1.54, 1.807) is 6.20 Å². The van der Waals surface area contributed by atoms with Gasteiger partial charge in [0.05, 0.1) is 5.69 Å². The molecule has 0 amide bonds. The highest BCUT2D eigenvalue weighted by Gasteiger charge is 2.23. The first-order valence-corrected chi connectivity index (χ1v) is 5.64. The number of pyridine rings is 1. The second-order valence-corrected chi connectivity index (χ2v) is 4.40. The number of nitrogens with zero attached hydrogens (tertiary/aromatic N) is 2. The fraction of sp³-hybridized carbons (Fsp3) is 0.333. The van der Waals surface area contributed by atoms with Gasteiger partial charge in [0.25, 0.3) is 0 Å². The molecule has 1 saturated heterocycles. The van der Waals surface area contributed by atoms with Gasteiger partial charge in [0.2, 0.25) is 0 Å². The quantitative estimate of drug-likeness (QED) is 0.813. The summed E-state index contributed by atoms with van der Waals surface area (Å²) in [6.07, 6.45) is 1.75. The number of aryl methyl sites for hydroxylation is 1. The van der Waals surface area contributed by atoms with Crippen molar-refractivity contribution < 1.29 is 4.52 Å². The molecule has 0 aromatic carbocycles. The zero-order valence-electron chi connectivity index (χ0n) is 9.60. The topological polar surface area (TPSA) is 77.0 Å². The molecule has 5 nitrogen and oxygen atoms in total. The summed E-state index contributed by atoms with van der Waals surface area (Å²) in [6.45, 7) is 3.84. The number of hydrogen-bond acceptors (Lipinski definition) is 5. The highest BCUT2D eigenvalue weighted by molar-refractivity contribution is 5.61. The summed E-state index contributed by atoms with van der Waals surface area (Å²) in [4.78, 5) is 4.31. The lowest BCUT2D eigenvalue weighted by Gasteiger charge is -2.23. The van der Waals surface area contributed by atoms with Crippen molar-refractivity contribution in [2.45, 2.75) is 12.8 Å². The van der Waals surface area contributed by atoms with Crippen LogP contribution < -0.4 is 11.1 Å². The lowest BCUT2D eigenvalue weighted by molar-refractivity contribution is 0.316. The molecule has 0 aliphatic carbocycles. The number of anilines is 1. The van der Waals surface area contributed by atoms with Crippen LogP contribution in [0.5, 0.6) is 0 Å². The third kappa shape index (κ3) is 1.78. The molecule has 3 rings (SSSR count). The van der Waals surface area contributed by atoms with E-state index in [2.05, 4.69) is 15.5 Å². The molecule has 0 saturated carbocycles. The molecule has 0 radical (unpaired) electrons. The van der Waals surface area contributed by atoms with Crippen molar-refractivity contribution in [2.75, 3.05) is 18.8 Å². The fourth-order valence-electron chi connectivity index (χ4n) is 1.77. The molecule has 0 bridgehead atoms. The van der Waals surface area contributed by atoms with Crippen LogP contribution in [0, 0.1) is 6.92 Å². The second kappa shape index (κ2) is 3.85. The van der Waals surface area contributed by atoms with Crippen LogP contribution in [0.25, 0.3) is 11.4 Å². The van der Waals surface area contributed by atoms with Crippen molar-refractivity contribution in [3.63, 3.8) is 0 Å². The predicted molar refractivity (Wildman–Crippen MR) is 64.5 cm³/mol. The number of nitrogens with one attached hydrogen (secondary N) is 1. The zero-order chi connectivity index (χ0) is 11.8. The van der Waals surface area contributed by atoms with Gasteiger partial charge >= 0.3 is 0 Å². The second-order valence-electron chi connectivity index (χ2n) is 4.40. The normalized spacial score (nSPS) is 15.8. The van der Waals surface area contributed by atoms with Gasteiger partial charge in [-0.05, 0) is 18.6 Å². The van der Waals surface area contributed by atoms with Crippen molar-refractivity contribution in [3.05, 3.63) is 29.7 Å². The van der Waals surface area contributed by atoms with E-state index in [9.17, 15) is 0 Å². The van der Waals surface area contributed by atoms with Gasteiger partial charge in [-0.25, -0.2) is 0 Å². The lowest BCUT2D eigenvalue weighted by atomic mass is 10.00. The van der Waals surface area contributed by atoms with Gasteiger partial charge in [-0.3, -0.25) is 4.98 Å². The molecule has 0 spiro atoms. The standard InChI is InChI=1S/C12H14N4O/c1-7-4-15-10(2-9(7)13)11-3-12(17-16-11)8-5-14-6-8/h2-4,8,14H,5-6H2,1H3,(H2,13,15). The molecule has 3 N–H and O–H groups in total. The minimum Gasteiger partial charge on any atom is -0.398 e. The smallest absolute Gasteiger partial charge is 0.143 e. The molecule has 1 aliphatic heterocycles. The van der Waals surface area contributed by atoms with Crippen molar-refractivity contribution in [3.8, 4) is 11.4 Å². The van der Waals surface area contributed by atoms with Gasteiger partial charge in [-0.15, -0.1) is 0 Å². The maximum Gasteiger partial charge on any atom is 0.143 e. The predicted octanol–water partition coefficient (Wildman–Crippen LogP) is 1.31. The minimum atomic E-state index is 0.444. The van der Waals surface area contributed by atoms with E-state index in [4.69, 9.17) is 10.3 Å². The summed E-state index contributed by atoms with van der Waals surface area (Å²) >= 11 is 0. The van der Waals surface area contributed by atoms with E-state index < -0.39 is 0 Å². The Morgan fingerprint density at radius 1 is 1.35 bits per heavy atom. The molecule has 0 unspecified atom stereocenters. The highest BCUT2D eigenvalue weighted by Crippen LogP contribution is 2.26. The van der Waals surface area contributed by atoms with Crippen molar-refractivity contribution >= 4 is 5.69 Å². The third-order valence-corrected chi connectivity index (χ3v) is 3.12. The molecule has 2 aromatic heterocycles. The summed E-state index contributed by atoms with van der Waals surface area (Å²) in [7, 11) is 0. The Morgan fingerprint density at radius 3 is 2.82 bits per heavy atom. The number of rotatable bonds is 2. The third-order valence-electron chi connectivity index (χ3n) is 3.12. The first kappa shape index (κ1) is 10.3. The molecule has 17 heavy (non-hydrogen) atoms. The zero-order valence-corrected chi connectivity index (χ0v) is 9.60. The first-order valence-electron chi connectivity index (χ1n) is 5.64. The van der Waals surface area contributed by atoms with Crippen LogP contribution in [-0.4, -0.2) is 23.2 Å².